The smallest absolute Gasteiger partial charge is 0.227 e. The first kappa shape index (κ1) is 19.0. The molecular formula is C21H28N2O2. The van der Waals surface area contributed by atoms with Crippen molar-refractivity contribution >= 4 is 11.6 Å². The number of methoxy groups -OCH3 is 1. The maximum Gasteiger partial charge on any atom is 0.227 e. The first-order valence-electron chi connectivity index (χ1n) is 8.93. The number of anilines is 1. The molecule has 0 atom stereocenters. The summed E-state index contributed by atoms with van der Waals surface area (Å²) in [5, 5.41) is 0. The predicted molar refractivity (Wildman–Crippen MR) is 103 cm³/mol. The highest BCUT2D eigenvalue weighted by atomic mass is 16.5. The van der Waals surface area contributed by atoms with Gasteiger partial charge in [-0.05, 0) is 49.2 Å². The number of rotatable bonds is 10. The largest absolute Gasteiger partial charge is 0.497 e. The molecule has 4 nitrogen and oxygen atoms in total. The highest BCUT2D eigenvalue weighted by Gasteiger charge is 2.16. The van der Waals surface area contributed by atoms with Crippen LogP contribution in [0.5, 0.6) is 5.75 Å². The molecule has 0 bridgehead atoms. The van der Waals surface area contributed by atoms with Gasteiger partial charge in [-0.3, -0.25) is 4.79 Å². The van der Waals surface area contributed by atoms with Gasteiger partial charge in [0.2, 0.25) is 5.91 Å². The van der Waals surface area contributed by atoms with Gasteiger partial charge in [0.15, 0.2) is 0 Å². The minimum Gasteiger partial charge on any atom is -0.497 e. The summed E-state index contributed by atoms with van der Waals surface area (Å²) in [5.74, 6) is 0.944. The van der Waals surface area contributed by atoms with Crippen molar-refractivity contribution in [1.82, 2.24) is 0 Å². The lowest BCUT2D eigenvalue weighted by molar-refractivity contribution is -0.118. The molecule has 0 spiro atoms. The SMILES string of the molecule is COc1ccc(N(Cc2ccccc2)C(=O)CCCCCCN)cc1. The molecule has 2 aromatic rings. The Labute approximate surface area is 150 Å². The standard InChI is InChI=1S/C21H28N2O2/c1-25-20-14-12-19(13-15-20)23(17-18-9-5-4-6-10-18)21(24)11-7-2-3-8-16-22/h4-6,9-10,12-15H,2-3,7-8,11,16-17,22H2,1H3. The van der Waals surface area contributed by atoms with Crippen LogP contribution in [0.1, 0.15) is 37.7 Å². The summed E-state index contributed by atoms with van der Waals surface area (Å²) < 4.78 is 5.22. The van der Waals surface area contributed by atoms with Crippen molar-refractivity contribution in [3.05, 3.63) is 60.2 Å². The Morgan fingerprint density at radius 3 is 2.28 bits per heavy atom. The average Bonchev–Trinajstić information content (AvgIpc) is 2.67. The van der Waals surface area contributed by atoms with Crippen LogP contribution in [0.15, 0.2) is 54.6 Å². The number of benzene rings is 2. The zero-order valence-corrected chi connectivity index (χ0v) is 15.0. The second kappa shape index (κ2) is 10.5. The van der Waals surface area contributed by atoms with Crippen LogP contribution in [-0.2, 0) is 11.3 Å². The average molecular weight is 340 g/mol. The number of hydrogen-bond acceptors (Lipinski definition) is 3. The zero-order chi connectivity index (χ0) is 17.9. The Balaban J connectivity index is 2.06. The number of ether oxygens (including phenoxy) is 1. The van der Waals surface area contributed by atoms with E-state index in [-0.39, 0.29) is 5.91 Å². The van der Waals surface area contributed by atoms with Crippen molar-refractivity contribution in [3.63, 3.8) is 0 Å². The van der Waals surface area contributed by atoms with Gasteiger partial charge in [-0.1, -0.05) is 43.2 Å². The molecule has 0 fully saturated rings. The van der Waals surface area contributed by atoms with Crippen LogP contribution < -0.4 is 15.4 Å². The Morgan fingerprint density at radius 2 is 1.64 bits per heavy atom. The lowest BCUT2D eigenvalue weighted by Gasteiger charge is -2.23. The van der Waals surface area contributed by atoms with Crippen LogP contribution in [0.2, 0.25) is 0 Å². The van der Waals surface area contributed by atoms with E-state index in [1.807, 2.05) is 59.5 Å². The fourth-order valence-corrected chi connectivity index (χ4v) is 2.76. The maximum atomic E-state index is 12.8. The third-order valence-corrected chi connectivity index (χ3v) is 4.21. The molecule has 2 N–H and O–H groups in total. The van der Waals surface area contributed by atoms with Gasteiger partial charge in [0.1, 0.15) is 5.75 Å². The predicted octanol–water partition coefficient (Wildman–Crippen LogP) is 4.14. The van der Waals surface area contributed by atoms with Crippen molar-refractivity contribution in [3.8, 4) is 5.75 Å². The first-order valence-corrected chi connectivity index (χ1v) is 8.93. The maximum absolute atomic E-state index is 12.8. The number of nitrogens with zero attached hydrogens (tertiary/aromatic N) is 1. The number of carbonyl (C=O) groups is 1. The third-order valence-electron chi connectivity index (χ3n) is 4.21. The molecule has 0 heterocycles. The van der Waals surface area contributed by atoms with Gasteiger partial charge in [0.25, 0.3) is 0 Å². The zero-order valence-electron chi connectivity index (χ0n) is 15.0. The Hall–Kier alpha value is -2.33. The monoisotopic (exact) mass is 340 g/mol. The van der Waals surface area contributed by atoms with E-state index in [0.717, 1.165) is 49.2 Å². The third kappa shape index (κ3) is 6.24. The van der Waals surface area contributed by atoms with E-state index in [2.05, 4.69) is 0 Å². The molecule has 0 aliphatic heterocycles. The van der Waals surface area contributed by atoms with Crippen molar-refractivity contribution in [1.29, 1.82) is 0 Å². The van der Waals surface area contributed by atoms with Crippen molar-refractivity contribution < 1.29 is 9.53 Å². The molecule has 0 unspecified atom stereocenters. The number of unbranched alkanes of at least 4 members (excludes halogenated alkanes) is 3. The molecule has 0 aliphatic carbocycles. The van der Waals surface area contributed by atoms with Gasteiger partial charge in [-0.25, -0.2) is 0 Å². The molecule has 0 radical (unpaired) electrons. The van der Waals surface area contributed by atoms with Crippen LogP contribution in [0.25, 0.3) is 0 Å². The normalized spacial score (nSPS) is 10.5. The molecular weight excluding hydrogens is 312 g/mol. The van der Waals surface area contributed by atoms with Crippen molar-refractivity contribution in [2.24, 2.45) is 5.73 Å². The number of amides is 1. The molecule has 134 valence electrons. The molecule has 0 saturated carbocycles. The fraction of sp³-hybridized carbons (Fsp3) is 0.381. The van der Waals surface area contributed by atoms with Gasteiger partial charge in [-0.15, -0.1) is 0 Å². The van der Waals surface area contributed by atoms with E-state index in [1.54, 1.807) is 7.11 Å². The summed E-state index contributed by atoms with van der Waals surface area (Å²) in [4.78, 5) is 14.7. The van der Waals surface area contributed by atoms with Gasteiger partial charge >= 0.3 is 0 Å². The molecule has 25 heavy (non-hydrogen) atoms. The van der Waals surface area contributed by atoms with E-state index in [4.69, 9.17) is 10.5 Å². The second-order valence-electron chi connectivity index (χ2n) is 6.12. The summed E-state index contributed by atoms with van der Waals surface area (Å²) >= 11 is 0. The van der Waals surface area contributed by atoms with E-state index >= 15 is 0 Å². The molecule has 1 amide bonds. The molecule has 2 rings (SSSR count). The van der Waals surface area contributed by atoms with Crippen LogP contribution in [0.4, 0.5) is 5.69 Å². The summed E-state index contributed by atoms with van der Waals surface area (Å²) in [7, 11) is 1.64. The minimum atomic E-state index is 0.154. The van der Waals surface area contributed by atoms with Gasteiger partial charge in [0, 0.05) is 12.1 Å². The van der Waals surface area contributed by atoms with Crippen LogP contribution in [0.3, 0.4) is 0 Å². The summed E-state index contributed by atoms with van der Waals surface area (Å²) in [6.07, 6.45) is 4.62. The number of nitrogens with two attached hydrogens (primary N) is 1. The van der Waals surface area contributed by atoms with E-state index in [9.17, 15) is 4.79 Å². The topological polar surface area (TPSA) is 55.6 Å². The van der Waals surface area contributed by atoms with E-state index < -0.39 is 0 Å². The fourth-order valence-electron chi connectivity index (χ4n) is 2.76. The number of carbonyl (C=O) groups excluding carboxylic acids is 1. The quantitative estimate of drug-likeness (QED) is 0.661. The first-order chi connectivity index (χ1) is 12.2. The van der Waals surface area contributed by atoms with Gasteiger partial charge < -0.3 is 15.4 Å². The minimum absolute atomic E-state index is 0.154. The highest BCUT2D eigenvalue weighted by molar-refractivity contribution is 5.93. The molecule has 0 saturated heterocycles. The van der Waals surface area contributed by atoms with E-state index in [0.29, 0.717) is 13.0 Å². The summed E-state index contributed by atoms with van der Waals surface area (Å²) in [6.45, 7) is 1.30. The Kier molecular flexibility index (Phi) is 7.99. The lowest BCUT2D eigenvalue weighted by Crippen LogP contribution is -2.30. The molecule has 4 heteroatoms. The Morgan fingerprint density at radius 1 is 0.960 bits per heavy atom. The lowest BCUT2D eigenvalue weighted by atomic mass is 10.1. The van der Waals surface area contributed by atoms with Crippen LogP contribution in [0, 0.1) is 0 Å². The van der Waals surface area contributed by atoms with Gasteiger partial charge in [-0.2, -0.15) is 0 Å². The number of hydrogen-bond donors (Lipinski definition) is 1. The van der Waals surface area contributed by atoms with Crippen LogP contribution in [-0.4, -0.2) is 19.6 Å². The van der Waals surface area contributed by atoms with E-state index in [1.165, 1.54) is 0 Å². The van der Waals surface area contributed by atoms with Crippen LogP contribution >= 0.6 is 0 Å². The summed E-state index contributed by atoms with van der Waals surface area (Å²) in [5.41, 5.74) is 7.54. The van der Waals surface area contributed by atoms with Crippen molar-refractivity contribution in [2.75, 3.05) is 18.6 Å². The van der Waals surface area contributed by atoms with Gasteiger partial charge in [0.05, 0.1) is 13.7 Å². The highest BCUT2D eigenvalue weighted by Crippen LogP contribution is 2.22. The Bertz CT molecular complexity index is 626. The molecule has 0 aliphatic rings. The second-order valence-corrected chi connectivity index (χ2v) is 6.12. The summed E-state index contributed by atoms with van der Waals surface area (Å²) in [6, 6.07) is 17.7. The molecule has 2 aromatic carbocycles. The van der Waals surface area contributed by atoms with Crippen molar-refractivity contribution in [2.45, 2.75) is 38.6 Å². The molecule has 0 aromatic heterocycles.